The van der Waals surface area contributed by atoms with E-state index >= 15 is 0 Å². The van der Waals surface area contributed by atoms with Gasteiger partial charge in [0.25, 0.3) is 12.3 Å². The molecule has 31 heavy (non-hydrogen) atoms. The third-order valence-corrected chi connectivity index (χ3v) is 7.66. The maximum atomic E-state index is 14.6. The molecule has 1 unspecified atom stereocenters. The van der Waals surface area contributed by atoms with Crippen molar-refractivity contribution in [3.05, 3.63) is 23.8 Å². The number of nitrogens with zero attached hydrogens (tertiary/aromatic N) is 3. The highest BCUT2D eigenvalue weighted by atomic mass is 19.3. The summed E-state index contributed by atoms with van der Waals surface area (Å²) in [7, 11) is 0. The second-order valence-corrected chi connectivity index (χ2v) is 9.16. The van der Waals surface area contributed by atoms with Gasteiger partial charge in [-0.3, -0.25) is 9.69 Å². The molecule has 1 aromatic heterocycles. The maximum absolute atomic E-state index is 14.6. The lowest BCUT2D eigenvalue weighted by Crippen LogP contribution is -2.50. The fourth-order valence-electron chi connectivity index (χ4n) is 5.13. The molecule has 2 heterocycles. The van der Waals surface area contributed by atoms with Crippen molar-refractivity contribution in [3.63, 3.8) is 0 Å². The van der Waals surface area contributed by atoms with Crippen LogP contribution in [-0.2, 0) is 0 Å². The number of carbonyl (C=O) groups excluding carboxylic acids is 1. The van der Waals surface area contributed by atoms with E-state index in [-0.39, 0.29) is 5.69 Å². The number of hydrogen-bond acceptors (Lipinski definition) is 4. The number of rotatable bonds is 8. The minimum Gasteiger partial charge on any atom is -0.365 e. The van der Waals surface area contributed by atoms with Crippen LogP contribution in [0.3, 0.4) is 0 Å². The molecule has 1 saturated heterocycles. The average Bonchev–Trinajstić information content (AvgIpc) is 3.28. The van der Waals surface area contributed by atoms with Gasteiger partial charge in [0, 0.05) is 32.2 Å². The highest BCUT2D eigenvalue weighted by Crippen LogP contribution is 2.45. The molecule has 0 spiro atoms. The van der Waals surface area contributed by atoms with Crippen LogP contribution in [0.5, 0.6) is 0 Å². The predicted molar refractivity (Wildman–Crippen MR) is 116 cm³/mol. The summed E-state index contributed by atoms with van der Waals surface area (Å²) in [4.78, 5) is 20.0. The fourth-order valence-corrected chi connectivity index (χ4v) is 5.13. The van der Waals surface area contributed by atoms with Crippen molar-refractivity contribution in [1.82, 2.24) is 15.2 Å². The van der Waals surface area contributed by atoms with Gasteiger partial charge >= 0.3 is 0 Å². The van der Waals surface area contributed by atoms with Crippen LogP contribution in [0, 0.1) is 17.3 Å². The van der Waals surface area contributed by atoms with Crippen molar-refractivity contribution in [1.29, 1.82) is 0 Å². The Labute approximate surface area is 183 Å². The maximum Gasteiger partial charge on any atom is 0.270 e. The largest absolute Gasteiger partial charge is 0.365 e. The molecule has 1 saturated carbocycles. The predicted octanol–water partition coefficient (Wildman–Crippen LogP) is 4.33. The van der Waals surface area contributed by atoms with Crippen molar-refractivity contribution in [2.75, 3.05) is 37.6 Å². The molecule has 174 valence electrons. The van der Waals surface area contributed by atoms with E-state index in [1.165, 1.54) is 44.2 Å². The standard InChI is InChI=1S/C23H35F3N4O/c1-4-23(3,5-2)16-6-7-17(14-16)29-10-12-30(13-11-29)19-9-8-18(28-21(19)26)22(31)27-15-20(24)25/h8-9,16-17,20H,4-7,10-15H2,1-3H3,(H,27,31)/t16?,17-/m1/s1. The summed E-state index contributed by atoms with van der Waals surface area (Å²) >= 11 is 0. The van der Waals surface area contributed by atoms with Gasteiger partial charge in [-0.1, -0.05) is 33.6 Å². The van der Waals surface area contributed by atoms with Crippen molar-refractivity contribution in [3.8, 4) is 0 Å². The fraction of sp³-hybridized carbons (Fsp3) is 0.739. The van der Waals surface area contributed by atoms with E-state index in [1.54, 1.807) is 0 Å². The first-order valence-electron chi connectivity index (χ1n) is 11.5. The first-order chi connectivity index (χ1) is 14.8. The molecule has 1 amide bonds. The quantitative estimate of drug-likeness (QED) is 0.612. The molecule has 0 bridgehead atoms. The summed E-state index contributed by atoms with van der Waals surface area (Å²) in [6, 6.07) is 3.52. The van der Waals surface area contributed by atoms with Crippen LogP contribution in [0.2, 0.25) is 0 Å². The Kier molecular flexibility index (Phi) is 7.83. The first-order valence-corrected chi connectivity index (χ1v) is 11.5. The second-order valence-electron chi connectivity index (χ2n) is 9.16. The molecule has 5 nitrogen and oxygen atoms in total. The highest BCUT2D eigenvalue weighted by Gasteiger charge is 2.39. The van der Waals surface area contributed by atoms with Gasteiger partial charge in [0.05, 0.1) is 12.2 Å². The summed E-state index contributed by atoms with van der Waals surface area (Å²) < 4.78 is 39.0. The number of anilines is 1. The Bertz CT molecular complexity index is 748. The number of carbonyl (C=O) groups is 1. The average molecular weight is 441 g/mol. The molecular formula is C23H35F3N4O. The van der Waals surface area contributed by atoms with Crippen LogP contribution < -0.4 is 10.2 Å². The molecule has 2 atom stereocenters. The van der Waals surface area contributed by atoms with Crippen LogP contribution in [0.1, 0.15) is 63.4 Å². The third kappa shape index (κ3) is 5.51. The zero-order valence-corrected chi connectivity index (χ0v) is 18.8. The molecule has 0 radical (unpaired) electrons. The molecule has 1 N–H and O–H groups in total. The van der Waals surface area contributed by atoms with Gasteiger partial charge in [0.2, 0.25) is 5.95 Å². The van der Waals surface area contributed by atoms with E-state index < -0.39 is 24.8 Å². The van der Waals surface area contributed by atoms with Crippen LogP contribution in [0.4, 0.5) is 18.9 Å². The minimum absolute atomic E-state index is 0.188. The lowest BCUT2D eigenvalue weighted by molar-refractivity contribution is 0.0886. The molecule has 0 aromatic carbocycles. The molecule has 1 aliphatic heterocycles. The highest BCUT2D eigenvalue weighted by molar-refractivity contribution is 5.92. The van der Waals surface area contributed by atoms with E-state index in [1.807, 2.05) is 10.2 Å². The minimum atomic E-state index is -2.66. The lowest BCUT2D eigenvalue weighted by atomic mass is 9.72. The smallest absolute Gasteiger partial charge is 0.270 e. The van der Waals surface area contributed by atoms with Gasteiger partial charge in [0.1, 0.15) is 5.69 Å². The molecular weight excluding hydrogens is 405 g/mol. The molecule has 1 aromatic rings. The third-order valence-electron chi connectivity index (χ3n) is 7.66. The van der Waals surface area contributed by atoms with E-state index in [2.05, 4.69) is 30.7 Å². The van der Waals surface area contributed by atoms with Gasteiger partial charge in [-0.15, -0.1) is 0 Å². The number of piperazine rings is 1. The summed E-state index contributed by atoms with van der Waals surface area (Å²) in [5.74, 6) is -0.755. The monoisotopic (exact) mass is 440 g/mol. The number of halogens is 3. The van der Waals surface area contributed by atoms with Crippen molar-refractivity contribution in [2.45, 2.75) is 65.3 Å². The number of amides is 1. The van der Waals surface area contributed by atoms with Crippen LogP contribution in [0.15, 0.2) is 12.1 Å². The van der Waals surface area contributed by atoms with Crippen LogP contribution in [0.25, 0.3) is 0 Å². The number of aromatic nitrogens is 1. The number of hydrogen-bond donors (Lipinski definition) is 1. The van der Waals surface area contributed by atoms with Gasteiger partial charge < -0.3 is 10.2 Å². The SMILES string of the molecule is CCC(C)(CC)C1CC[C@@H](N2CCN(c3ccc(C(=O)NCC(F)F)nc3F)CC2)C1. The molecule has 3 rings (SSSR count). The van der Waals surface area contributed by atoms with Gasteiger partial charge in [-0.25, -0.2) is 13.8 Å². The number of alkyl halides is 2. The molecule has 2 fully saturated rings. The second kappa shape index (κ2) is 10.2. The topological polar surface area (TPSA) is 48.5 Å². The molecule has 2 aliphatic rings. The number of nitrogens with one attached hydrogen (secondary N) is 1. The van der Waals surface area contributed by atoms with Crippen LogP contribution >= 0.6 is 0 Å². The van der Waals surface area contributed by atoms with Gasteiger partial charge in [-0.05, 0) is 42.7 Å². The summed E-state index contributed by atoms with van der Waals surface area (Å²) in [6.07, 6.45) is 3.55. The Morgan fingerprint density at radius 2 is 1.87 bits per heavy atom. The lowest BCUT2D eigenvalue weighted by Gasteiger charge is -2.40. The Morgan fingerprint density at radius 3 is 2.45 bits per heavy atom. The first kappa shape index (κ1) is 23.8. The van der Waals surface area contributed by atoms with Crippen molar-refractivity contribution >= 4 is 11.6 Å². The van der Waals surface area contributed by atoms with Crippen molar-refractivity contribution < 1.29 is 18.0 Å². The molecule has 8 heteroatoms. The summed E-state index contributed by atoms with van der Waals surface area (Å²) in [6.45, 7) is 9.41. The summed E-state index contributed by atoms with van der Waals surface area (Å²) in [5.41, 5.74) is 0.598. The van der Waals surface area contributed by atoms with Gasteiger partial charge in [-0.2, -0.15) is 4.39 Å². The summed E-state index contributed by atoms with van der Waals surface area (Å²) in [5, 5.41) is 2.05. The Balaban J connectivity index is 1.55. The Hall–Kier alpha value is -1.83. The zero-order valence-electron chi connectivity index (χ0n) is 18.8. The van der Waals surface area contributed by atoms with E-state index in [9.17, 15) is 18.0 Å². The van der Waals surface area contributed by atoms with Crippen LogP contribution in [-0.4, -0.2) is 61.0 Å². The van der Waals surface area contributed by atoms with Crippen molar-refractivity contribution in [2.24, 2.45) is 11.3 Å². The van der Waals surface area contributed by atoms with Gasteiger partial charge in [0.15, 0.2) is 0 Å². The zero-order chi connectivity index (χ0) is 22.6. The van der Waals surface area contributed by atoms with E-state index in [0.29, 0.717) is 30.2 Å². The molecule has 1 aliphatic carbocycles. The van der Waals surface area contributed by atoms with E-state index in [0.717, 1.165) is 19.0 Å². The Morgan fingerprint density at radius 1 is 1.19 bits per heavy atom. The number of pyridine rings is 1. The normalized spacial score (nSPS) is 22.9. The van der Waals surface area contributed by atoms with E-state index in [4.69, 9.17) is 0 Å².